The van der Waals surface area contributed by atoms with Crippen molar-refractivity contribution in [2.24, 2.45) is 13.0 Å². The Kier molecular flexibility index (Phi) is 6.71. The summed E-state index contributed by atoms with van der Waals surface area (Å²) in [5.74, 6) is 0.354. The number of rotatable bonds is 6. The molecule has 0 bridgehead atoms. The van der Waals surface area contributed by atoms with Gasteiger partial charge in [-0.15, -0.1) is 0 Å². The second kappa shape index (κ2) is 9.84. The molecule has 0 unspecified atom stereocenters. The summed E-state index contributed by atoms with van der Waals surface area (Å²) in [7, 11) is 3.18. The first-order chi connectivity index (χ1) is 16.0. The van der Waals surface area contributed by atoms with E-state index in [4.69, 9.17) is 14.7 Å². The van der Waals surface area contributed by atoms with Crippen molar-refractivity contribution in [2.45, 2.75) is 12.8 Å². The minimum absolute atomic E-state index is 0.0732. The predicted molar refractivity (Wildman–Crippen MR) is 123 cm³/mol. The third-order valence-corrected chi connectivity index (χ3v) is 5.90. The molecule has 170 valence electrons. The molecule has 4 rings (SSSR count). The SMILES string of the molecule is COc1ccc(-c2c(-c3ccc(C#N)c(F)c3)nc(OCC3CCNCC3)n(C)c2=O)cc1. The lowest BCUT2D eigenvalue weighted by molar-refractivity contribution is 0.195. The highest BCUT2D eigenvalue weighted by Crippen LogP contribution is 2.31. The summed E-state index contributed by atoms with van der Waals surface area (Å²) in [6.45, 7) is 2.32. The molecule has 0 saturated carbocycles. The number of nitriles is 1. The Morgan fingerprint density at radius 3 is 2.52 bits per heavy atom. The van der Waals surface area contributed by atoms with Gasteiger partial charge in [0.2, 0.25) is 0 Å². The second-order valence-electron chi connectivity index (χ2n) is 8.02. The van der Waals surface area contributed by atoms with E-state index in [1.165, 1.54) is 16.7 Å². The number of aromatic nitrogens is 2. The van der Waals surface area contributed by atoms with Crippen LogP contribution in [0.25, 0.3) is 22.4 Å². The number of nitrogens with zero attached hydrogens (tertiary/aromatic N) is 3. The predicted octanol–water partition coefficient (Wildman–Crippen LogP) is 3.51. The molecule has 7 nitrogen and oxygen atoms in total. The van der Waals surface area contributed by atoms with Crippen LogP contribution in [0.2, 0.25) is 0 Å². The number of methoxy groups -OCH3 is 1. The molecule has 8 heteroatoms. The molecule has 2 aromatic carbocycles. The second-order valence-corrected chi connectivity index (χ2v) is 8.02. The van der Waals surface area contributed by atoms with Crippen LogP contribution in [0.15, 0.2) is 47.3 Å². The lowest BCUT2D eigenvalue weighted by Gasteiger charge is -2.23. The van der Waals surface area contributed by atoms with E-state index in [0.29, 0.717) is 40.7 Å². The van der Waals surface area contributed by atoms with Crippen molar-refractivity contribution in [1.29, 1.82) is 5.26 Å². The van der Waals surface area contributed by atoms with Gasteiger partial charge in [-0.05, 0) is 61.7 Å². The average molecular weight is 448 g/mol. The summed E-state index contributed by atoms with van der Waals surface area (Å²) in [4.78, 5) is 18.1. The molecule has 1 aliphatic heterocycles. The first-order valence-electron chi connectivity index (χ1n) is 10.8. The van der Waals surface area contributed by atoms with E-state index in [-0.39, 0.29) is 17.1 Å². The molecule has 1 aliphatic rings. The summed E-state index contributed by atoms with van der Waals surface area (Å²) in [6.07, 6.45) is 1.98. The van der Waals surface area contributed by atoms with Gasteiger partial charge >= 0.3 is 0 Å². The van der Waals surface area contributed by atoms with Crippen molar-refractivity contribution in [3.8, 4) is 40.2 Å². The smallest absolute Gasteiger partial charge is 0.299 e. The van der Waals surface area contributed by atoms with Crippen molar-refractivity contribution < 1.29 is 13.9 Å². The van der Waals surface area contributed by atoms with Crippen LogP contribution in [-0.4, -0.2) is 36.4 Å². The molecule has 0 spiro atoms. The first kappa shape index (κ1) is 22.5. The number of ether oxygens (including phenoxy) is 2. The molecular formula is C25H25FN4O3. The van der Waals surface area contributed by atoms with Gasteiger partial charge in [0.05, 0.1) is 30.5 Å². The van der Waals surface area contributed by atoms with E-state index in [9.17, 15) is 9.18 Å². The highest BCUT2D eigenvalue weighted by atomic mass is 19.1. The maximum atomic E-state index is 14.5. The molecule has 33 heavy (non-hydrogen) atoms. The van der Waals surface area contributed by atoms with Gasteiger partial charge in [0.15, 0.2) is 0 Å². The molecule has 0 aliphatic carbocycles. The Labute approximate surface area is 191 Å². The number of nitrogens with one attached hydrogen (secondary N) is 1. The van der Waals surface area contributed by atoms with E-state index >= 15 is 0 Å². The topological polar surface area (TPSA) is 89.2 Å². The molecule has 3 aromatic rings. The summed E-state index contributed by atoms with van der Waals surface area (Å²) in [6, 6.07) is 13.2. The van der Waals surface area contributed by atoms with Gasteiger partial charge in [-0.1, -0.05) is 18.2 Å². The van der Waals surface area contributed by atoms with Crippen LogP contribution < -0.4 is 20.3 Å². The van der Waals surface area contributed by atoms with Crippen LogP contribution in [0.4, 0.5) is 4.39 Å². The average Bonchev–Trinajstić information content (AvgIpc) is 2.85. The van der Waals surface area contributed by atoms with Crippen LogP contribution in [0.5, 0.6) is 11.8 Å². The molecule has 2 heterocycles. The fraction of sp³-hybridized carbons (Fsp3) is 0.320. The molecular weight excluding hydrogens is 423 g/mol. The summed E-state index contributed by atoms with van der Waals surface area (Å²) in [5, 5.41) is 12.4. The Morgan fingerprint density at radius 2 is 1.88 bits per heavy atom. The van der Waals surface area contributed by atoms with Gasteiger partial charge in [-0.25, -0.2) is 4.39 Å². The Hall–Kier alpha value is -3.70. The van der Waals surface area contributed by atoms with Gasteiger partial charge in [0.25, 0.3) is 11.6 Å². The zero-order valence-electron chi connectivity index (χ0n) is 18.6. The van der Waals surface area contributed by atoms with E-state index in [0.717, 1.165) is 25.9 Å². The van der Waals surface area contributed by atoms with E-state index in [1.807, 2.05) is 6.07 Å². The molecule has 0 amide bonds. The molecule has 1 saturated heterocycles. The molecule has 1 fully saturated rings. The van der Waals surface area contributed by atoms with Crippen LogP contribution in [0.1, 0.15) is 18.4 Å². The first-order valence-corrected chi connectivity index (χ1v) is 10.8. The number of piperidine rings is 1. The van der Waals surface area contributed by atoms with Crippen molar-refractivity contribution in [3.05, 3.63) is 64.2 Å². The van der Waals surface area contributed by atoms with Crippen LogP contribution >= 0.6 is 0 Å². The van der Waals surface area contributed by atoms with Gasteiger partial charge in [0, 0.05) is 12.6 Å². The monoisotopic (exact) mass is 448 g/mol. The van der Waals surface area contributed by atoms with Gasteiger partial charge in [-0.3, -0.25) is 9.36 Å². The fourth-order valence-corrected chi connectivity index (χ4v) is 3.93. The normalized spacial score (nSPS) is 14.0. The van der Waals surface area contributed by atoms with Gasteiger partial charge in [0.1, 0.15) is 17.6 Å². The van der Waals surface area contributed by atoms with Gasteiger partial charge < -0.3 is 14.8 Å². The van der Waals surface area contributed by atoms with Crippen LogP contribution in [0.3, 0.4) is 0 Å². The van der Waals surface area contributed by atoms with E-state index < -0.39 is 5.82 Å². The minimum atomic E-state index is -0.671. The molecule has 0 radical (unpaired) electrons. The van der Waals surface area contributed by atoms with Crippen molar-refractivity contribution in [3.63, 3.8) is 0 Å². The van der Waals surface area contributed by atoms with Crippen LogP contribution in [-0.2, 0) is 7.05 Å². The lowest BCUT2D eigenvalue weighted by atomic mass is 9.99. The van der Waals surface area contributed by atoms with E-state index in [2.05, 4.69) is 10.3 Å². The summed E-state index contributed by atoms with van der Waals surface area (Å²) in [5.41, 5.74) is 1.24. The highest BCUT2D eigenvalue weighted by Gasteiger charge is 2.21. The van der Waals surface area contributed by atoms with Crippen molar-refractivity contribution in [2.75, 3.05) is 26.8 Å². The molecule has 1 N–H and O–H groups in total. The van der Waals surface area contributed by atoms with Crippen molar-refractivity contribution >= 4 is 0 Å². The lowest BCUT2D eigenvalue weighted by Crippen LogP contribution is -2.31. The van der Waals surface area contributed by atoms with Gasteiger partial charge in [-0.2, -0.15) is 10.2 Å². The summed E-state index contributed by atoms with van der Waals surface area (Å²) >= 11 is 0. The zero-order valence-corrected chi connectivity index (χ0v) is 18.6. The van der Waals surface area contributed by atoms with Crippen molar-refractivity contribution in [1.82, 2.24) is 14.9 Å². The Morgan fingerprint density at radius 1 is 1.18 bits per heavy atom. The zero-order chi connectivity index (χ0) is 23.4. The standard InChI is InChI=1S/C25H25FN4O3/c1-30-24(31)22(17-5-7-20(32-2)8-6-17)23(18-3-4-19(14-27)21(26)13-18)29-25(30)33-15-16-9-11-28-12-10-16/h3-8,13,16,28H,9-12,15H2,1-2H3. The molecule has 1 aromatic heterocycles. The Balaban J connectivity index is 1.82. The highest BCUT2D eigenvalue weighted by molar-refractivity contribution is 5.80. The number of hydrogen-bond acceptors (Lipinski definition) is 6. The fourth-order valence-electron chi connectivity index (χ4n) is 3.93. The minimum Gasteiger partial charge on any atom is -0.497 e. The van der Waals surface area contributed by atoms with Crippen LogP contribution in [0, 0.1) is 23.1 Å². The maximum Gasteiger partial charge on any atom is 0.299 e. The number of halogens is 1. The number of benzene rings is 2. The number of hydrogen-bond donors (Lipinski definition) is 1. The Bertz CT molecular complexity index is 1240. The molecule has 0 atom stereocenters. The quantitative estimate of drug-likeness (QED) is 0.621. The van der Waals surface area contributed by atoms with E-state index in [1.54, 1.807) is 44.5 Å². The third-order valence-electron chi connectivity index (χ3n) is 5.90. The largest absolute Gasteiger partial charge is 0.497 e. The summed E-state index contributed by atoms with van der Waals surface area (Å²) < 4.78 is 27.0. The maximum absolute atomic E-state index is 14.5. The third kappa shape index (κ3) is 4.73.